The Hall–Kier alpha value is -0.910. The van der Waals surface area contributed by atoms with Crippen LogP contribution in [-0.4, -0.2) is 32.2 Å². The van der Waals surface area contributed by atoms with Crippen LogP contribution in [0.25, 0.3) is 0 Å². The lowest BCUT2D eigenvalue weighted by Crippen LogP contribution is -2.41. The third kappa shape index (κ3) is 6.18. The molecule has 0 radical (unpaired) electrons. The Balaban J connectivity index is 2.37. The molecule has 2 unspecified atom stereocenters. The van der Waals surface area contributed by atoms with Crippen molar-refractivity contribution in [3.8, 4) is 0 Å². The molecule has 4 nitrogen and oxygen atoms in total. The first-order valence-corrected chi connectivity index (χ1v) is 7.09. The second-order valence-electron chi connectivity index (χ2n) is 4.58. The third-order valence-corrected chi connectivity index (χ3v) is 3.23. The van der Waals surface area contributed by atoms with Gasteiger partial charge in [-0.3, -0.25) is 4.79 Å². The third-order valence-electron chi connectivity index (χ3n) is 2.74. The van der Waals surface area contributed by atoms with Gasteiger partial charge in [0.1, 0.15) is 0 Å². The van der Waals surface area contributed by atoms with Gasteiger partial charge in [-0.1, -0.05) is 28.1 Å². The number of ether oxygens (including phenoxy) is 1. The summed E-state index contributed by atoms with van der Waals surface area (Å²) in [6, 6.07) is 8.20. The molecule has 0 saturated heterocycles. The summed E-state index contributed by atoms with van der Waals surface area (Å²) < 4.78 is 6.01. The summed E-state index contributed by atoms with van der Waals surface area (Å²) in [6.07, 6.45) is 0. The smallest absolute Gasteiger partial charge is 0.234 e. The van der Waals surface area contributed by atoms with Gasteiger partial charge in [0, 0.05) is 23.7 Å². The monoisotopic (exact) mass is 328 g/mol. The molecule has 0 aliphatic rings. The maximum atomic E-state index is 11.7. The highest BCUT2D eigenvalue weighted by Crippen LogP contribution is 2.17. The van der Waals surface area contributed by atoms with Gasteiger partial charge in [0.15, 0.2) is 0 Å². The number of methoxy groups -OCH3 is 1. The van der Waals surface area contributed by atoms with Crippen molar-refractivity contribution in [3.05, 3.63) is 34.3 Å². The Bertz CT molecular complexity index is 412. The van der Waals surface area contributed by atoms with Crippen molar-refractivity contribution in [1.29, 1.82) is 0 Å². The zero-order valence-electron chi connectivity index (χ0n) is 11.6. The lowest BCUT2D eigenvalue weighted by Gasteiger charge is -2.16. The van der Waals surface area contributed by atoms with Gasteiger partial charge < -0.3 is 15.4 Å². The van der Waals surface area contributed by atoms with Crippen molar-refractivity contribution in [3.63, 3.8) is 0 Å². The van der Waals surface area contributed by atoms with Crippen LogP contribution in [0.15, 0.2) is 28.7 Å². The molecular weight excluding hydrogens is 308 g/mol. The van der Waals surface area contributed by atoms with Crippen molar-refractivity contribution >= 4 is 21.8 Å². The second-order valence-corrected chi connectivity index (χ2v) is 5.50. The van der Waals surface area contributed by atoms with E-state index in [0.29, 0.717) is 13.2 Å². The van der Waals surface area contributed by atoms with Gasteiger partial charge in [0.25, 0.3) is 0 Å². The number of rotatable bonds is 7. The molecule has 2 N–H and O–H groups in total. The summed E-state index contributed by atoms with van der Waals surface area (Å²) in [7, 11) is 1.62. The SMILES string of the molecule is COCC(C)NC(=O)CNC(C)c1cccc(Br)c1. The molecule has 1 rings (SSSR count). The molecule has 0 spiro atoms. The van der Waals surface area contributed by atoms with E-state index in [1.165, 1.54) is 0 Å². The van der Waals surface area contributed by atoms with Gasteiger partial charge in [-0.15, -0.1) is 0 Å². The highest BCUT2D eigenvalue weighted by atomic mass is 79.9. The Morgan fingerprint density at radius 3 is 2.79 bits per heavy atom. The van der Waals surface area contributed by atoms with Crippen LogP contribution in [0.5, 0.6) is 0 Å². The van der Waals surface area contributed by atoms with Crippen molar-refractivity contribution in [2.75, 3.05) is 20.3 Å². The molecule has 1 amide bonds. The fraction of sp³-hybridized carbons (Fsp3) is 0.500. The minimum Gasteiger partial charge on any atom is -0.383 e. The predicted molar refractivity (Wildman–Crippen MR) is 80.0 cm³/mol. The second kappa shape index (κ2) is 8.30. The highest BCUT2D eigenvalue weighted by molar-refractivity contribution is 9.10. The maximum Gasteiger partial charge on any atom is 0.234 e. The largest absolute Gasteiger partial charge is 0.383 e. The van der Waals surface area contributed by atoms with E-state index >= 15 is 0 Å². The molecule has 106 valence electrons. The zero-order valence-corrected chi connectivity index (χ0v) is 13.2. The van der Waals surface area contributed by atoms with Crippen molar-refractivity contribution in [2.24, 2.45) is 0 Å². The number of halogens is 1. The molecule has 0 aliphatic carbocycles. The van der Waals surface area contributed by atoms with Gasteiger partial charge in [0.05, 0.1) is 13.2 Å². The van der Waals surface area contributed by atoms with Crippen LogP contribution in [0.4, 0.5) is 0 Å². The number of nitrogens with one attached hydrogen (secondary N) is 2. The van der Waals surface area contributed by atoms with E-state index in [1.807, 2.05) is 38.1 Å². The number of hydrogen-bond acceptors (Lipinski definition) is 3. The van der Waals surface area contributed by atoms with Crippen LogP contribution < -0.4 is 10.6 Å². The molecular formula is C14H21BrN2O2. The average Bonchev–Trinajstić information content (AvgIpc) is 2.36. The normalized spacial score (nSPS) is 13.9. The van der Waals surface area contributed by atoms with Crippen molar-refractivity contribution in [2.45, 2.75) is 25.9 Å². The Morgan fingerprint density at radius 2 is 2.16 bits per heavy atom. The van der Waals surface area contributed by atoms with E-state index in [4.69, 9.17) is 4.74 Å². The topological polar surface area (TPSA) is 50.4 Å². The molecule has 0 aliphatic heterocycles. The van der Waals surface area contributed by atoms with E-state index in [1.54, 1.807) is 7.11 Å². The molecule has 1 aromatic carbocycles. The first kappa shape index (κ1) is 16.1. The van der Waals surface area contributed by atoms with Gasteiger partial charge in [-0.05, 0) is 31.5 Å². The molecule has 2 atom stereocenters. The first-order chi connectivity index (χ1) is 9.02. The van der Waals surface area contributed by atoms with E-state index in [2.05, 4.69) is 26.6 Å². The quantitative estimate of drug-likeness (QED) is 0.807. The molecule has 1 aromatic rings. The Labute approximate surface area is 123 Å². The molecule has 0 fully saturated rings. The zero-order chi connectivity index (χ0) is 14.3. The van der Waals surface area contributed by atoms with Gasteiger partial charge in [-0.25, -0.2) is 0 Å². The molecule has 0 aromatic heterocycles. The minimum atomic E-state index is -0.0219. The van der Waals surface area contributed by atoms with E-state index in [0.717, 1.165) is 10.0 Å². The van der Waals surface area contributed by atoms with Gasteiger partial charge >= 0.3 is 0 Å². The fourth-order valence-electron chi connectivity index (χ4n) is 1.76. The van der Waals surface area contributed by atoms with Crippen molar-refractivity contribution < 1.29 is 9.53 Å². The average molecular weight is 329 g/mol. The molecule has 0 heterocycles. The molecule has 0 bridgehead atoms. The summed E-state index contributed by atoms with van der Waals surface area (Å²) >= 11 is 3.44. The summed E-state index contributed by atoms with van der Waals surface area (Å²) in [4.78, 5) is 11.7. The number of hydrogen-bond donors (Lipinski definition) is 2. The Kier molecular flexibility index (Phi) is 7.05. The summed E-state index contributed by atoms with van der Waals surface area (Å²) in [5, 5.41) is 6.06. The number of amides is 1. The molecule has 5 heteroatoms. The van der Waals surface area contributed by atoms with Crippen LogP contribution in [0.1, 0.15) is 25.5 Å². The number of benzene rings is 1. The Morgan fingerprint density at radius 1 is 1.42 bits per heavy atom. The van der Waals surface area contributed by atoms with Crippen LogP contribution in [0.3, 0.4) is 0 Å². The van der Waals surface area contributed by atoms with Crippen LogP contribution in [-0.2, 0) is 9.53 Å². The van der Waals surface area contributed by atoms with Crippen LogP contribution in [0.2, 0.25) is 0 Å². The molecule has 19 heavy (non-hydrogen) atoms. The number of carbonyl (C=O) groups is 1. The lowest BCUT2D eigenvalue weighted by molar-refractivity contribution is -0.121. The molecule has 0 saturated carbocycles. The highest BCUT2D eigenvalue weighted by Gasteiger charge is 2.10. The number of carbonyl (C=O) groups excluding carboxylic acids is 1. The lowest BCUT2D eigenvalue weighted by atomic mass is 10.1. The minimum absolute atomic E-state index is 0.0219. The van der Waals surface area contributed by atoms with Gasteiger partial charge in [0.2, 0.25) is 5.91 Å². The predicted octanol–water partition coefficient (Wildman–Crippen LogP) is 2.25. The maximum absolute atomic E-state index is 11.7. The summed E-state index contributed by atoms with van der Waals surface area (Å²) in [6.45, 7) is 4.77. The van der Waals surface area contributed by atoms with Crippen LogP contribution >= 0.6 is 15.9 Å². The van der Waals surface area contributed by atoms with E-state index < -0.39 is 0 Å². The summed E-state index contributed by atoms with van der Waals surface area (Å²) in [5.74, 6) is -0.0219. The van der Waals surface area contributed by atoms with E-state index in [-0.39, 0.29) is 18.0 Å². The summed E-state index contributed by atoms with van der Waals surface area (Å²) in [5.41, 5.74) is 1.15. The first-order valence-electron chi connectivity index (χ1n) is 6.30. The van der Waals surface area contributed by atoms with Crippen LogP contribution in [0, 0.1) is 0 Å². The van der Waals surface area contributed by atoms with E-state index in [9.17, 15) is 4.79 Å². The van der Waals surface area contributed by atoms with Crippen molar-refractivity contribution in [1.82, 2.24) is 10.6 Å². The van der Waals surface area contributed by atoms with Gasteiger partial charge in [-0.2, -0.15) is 0 Å². The standard InChI is InChI=1S/C14H21BrN2O2/c1-10(9-19-3)17-14(18)8-16-11(2)12-5-4-6-13(15)7-12/h4-7,10-11,16H,8-9H2,1-3H3,(H,17,18). The fourth-order valence-corrected chi connectivity index (χ4v) is 2.17.